The largest absolute Gasteiger partial charge is 0.633 e. The minimum atomic E-state index is -0.252. The lowest BCUT2D eigenvalue weighted by atomic mass is 9.83. The van der Waals surface area contributed by atoms with Gasteiger partial charge < -0.3 is 24.3 Å². The van der Waals surface area contributed by atoms with Crippen molar-refractivity contribution >= 4 is 16.9 Å². The van der Waals surface area contributed by atoms with Gasteiger partial charge >= 0.3 is 0 Å². The number of nitrogens with zero attached hydrogens (tertiary/aromatic N) is 1. The zero-order chi connectivity index (χ0) is 20.0. The van der Waals surface area contributed by atoms with Crippen LogP contribution in [0.25, 0.3) is 22.1 Å². The molecule has 0 saturated carbocycles. The summed E-state index contributed by atoms with van der Waals surface area (Å²) >= 11 is 0. The van der Waals surface area contributed by atoms with Crippen molar-refractivity contribution in [1.82, 2.24) is 5.32 Å². The Morgan fingerprint density at radius 2 is 1.90 bits per heavy atom. The second-order valence-corrected chi connectivity index (χ2v) is 8.14. The van der Waals surface area contributed by atoms with E-state index >= 15 is 0 Å². The van der Waals surface area contributed by atoms with E-state index < -0.39 is 0 Å². The molecule has 2 aromatic carbocycles. The van der Waals surface area contributed by atoms with Crippen molar-refractivity contribution < 1.29 is 18.6 Å². The maximum absolute atomic E-state index is 12.9. The van der Waals surface area contributed by atoms with E-state index in [1.54, 1.807) is 13.2 Å². The smallest absolute Gasteiger partial charge is 0.287 e. The van der Waals surface area contributed by atoms with Crippen LogP contribution in [0.1, 0.15) is 23.4 Å². The molecule has 6 heteroatoms. The van der Waals surface area contributed by atoms with Crippen LogP contribution in [-0.2, 0) is 0 Å². The highest BCUT2D eigenvalue weighted by Gasteiger charge is 2.42. The molecular weight excluding hydrogens is 368 g/mol. The number of para-hydroxylation sites is 2. The van der Waals surface area contributed by atoms with E-state index in [2.05, 4.69) is 5.32 Å². The highest BCUT2D eigenvalue weighted by Crippen LogP contribution is 2.37. The average Bonchev–Trinajstić information content (AvgIpc) is 3.18. The molecule has 3 saturated heterocycles. The van der Waals surface area contributed by atoms with E-state index in [0.29, 0.717) is 31.1 Å². The van der Waals surface area contributed by atoms with Gasteiger partial charge in [0.15, 0.2) is 5.76 Å². The van der Waals surface area contributed by atoms with Crippen LogP contribution in [0.3, 0.4) is 0 Å². The van der Waals surface area contributed by atoms with Crippen LogP contribution >= 0.6 is 0 Å². The van der Waals surface area contributed by atoms with Crippen molar-refractivity contribution in [3.63, 3.8) is 0 Å². The number of hydroxylamine groups is 3. The highest BCUT2D eigenvalue weighted by atomic mass is 16.5. The van der Waals surface area contributed by atoms with Gasteiger partial charge in [-0.05, 0) is 18.1 Å². The van der Waals surface area contributed by atoms with Gasteiger partial charge in [-0.15, -0.1) is 0 Å². The Kier molecular flexibility index (Phi) is 4.33. The number of methoxy groups -OCH3 is 1. The summed E-state index contributed by atoms with van der Waals surface area (Å²) in [4.78, 5) is 12.9. The van der Waals surface area contributed by atoms with Crippen molar-refractivity contribution in [3.05, 3.63) is 59.5 Å². The van der Waals surface area contributed by atoms with Gasteiger partial charge in [0.25, 0.3) is 5.91 Å². The molecule has 0 spiro atoms. The first kappa shape index (κ1) is 18.2. The van der Waals surface area contributed by atoms with E-state index in [4.69, 9.17) is 9.15 Å². The number of ether oxygens (including phenoxy) is 1. The normalized spacial score (nSPS) is 25.9. The van der Waals surface area contributed by atoms with Gasteiger partial charge in [-0.3, -0.25) is 4.79 Å². The average molecular weight is 392 g/mol. The molecule has 29 heavy (non-hydrogen) atoms. The minimum Gasteiger partial charge on any atom is -0.633 e. The summed E-state index contributed by atoms with van der Waals surface area (Å²) in [5.41, 5.74) is 2.45. The second-order valence-electron chi connectivity index (χ2n) is 8.14. The molecule has 1 aromatic heterocycles. The van der Waals surface area contributed by atoms with E-state index in [-0.39, 0.29) is 22.4 Å². The van der Waals surface area contributed by atoms with E-state index in [1.807, 2.05) is 42.5 Å². The van der Waals surface area contributed by atoms with E-state index in [0.717, 1.165) is 35.1 Å². The maximum Gasteiger partial charge on any atom is 0.287 e. The Bertz CT molecular complexity index is 1070. The second kappa shape index (κ2) is 6.90. The number of nitrogens with one attached hydrogen (secondary N) is 1. The Labute approximate surface area is 169 Å². The van der Waals surface area contributed by atoms with Gasteiger partial charge in [0.1, 0.15) is 11.3 Å². The van der Waals surface area contributed by atoms with Crippen molar-refractivity contribution in [1.29, 1.82) is 0 Å². The fourth-order valence-electron chi connectivity index (χ4n) is 4.81. The molecule has 3 aromatic rings. The fraction of sp³-hybridized carbons (Fsp3) is 0.348. The van der Waals surface area contributed by atoms with Gasteiger partial charge in [-0.1, -0.05) is 36.4 Å². The maximum atomic E-state index is 12.9. The number of fused-ring (bicyclic) bond motifs is 4. The van der Waals surface area contributed by atoms with Crippen molar-refractivity contribution in [2.75, 3.05) is 26.7 Å². The van der Waals surface area contributed by atoms with Gasteiger partial charge in [0.2, 0.25) is 0 Å². The molecule has 2 bridgehead atoms. The predicted octanol–water partition coefficient (Wildman–Crippen LogP) is 3.95. The Balaban J connectivity index is 1.45. The van der Waals surface area contributed by atoms with E-state index in [1.165, 1.54) is 0 Å². The first-order valence-corrected chi connectivity index (χ1v) is 10.1. The summed E-state index contributed by atoms with van der Waals surface area (Å²) < 4.78 is 11.3. The topological polar surface area (TPSA) is 74.5 Å². The zero-order valence-electron chi connectivity index (χ0n) is 16.4. The lowest BCUT2D eigenvalue weighted by Gasteiger charge is -2.55. The van der Waals surface area contributed by atoms with Crippen molar-refractivity contribution in [2.24, 2.45) is 5.92 Å². The molecule has 3 aliphatic rings. The molecule has 0 radical (unpaired) electrons. The van der Waals surface area contributed by atoms with Crippen molar-refractivity contribution in [2.45, 2.75) is 18.9 Å². The van der Waals surface area contributed by atoms with Crippen LogP contribution in [-0.4, -0.2) is 43.3 Å². The number of hydrogen-bond donors (Lipinski definition) is 1. The summed E-state index contributed by atoms with van der Waals surface area (Å²) in [6.07, 6.45) is 1.76. The molecule has 6 nitrogen and oxygen atoms in total. The number of benzene rings is 2. The highest BCUT2D eigenvalue weighted by molar-refractivity contribution is 6.00. The number of carbonyl (C=O) groups is 1. The van der Waals surface area contributed by atoms with Crippen LogP contribution in [0.5, 0.6) is 5.75 Å². The monoisotopic (exact) mass is 392 g/mol. The molecule has 0 aliphatic carbocycles. The first-order valence-electron chi connectivity index (χ1n) is 10.1. The number of amides is 1. The Hall–Kier alpha value is -2.83. The predicted molar refractivity (Wildman–Crippen MR) is 110 cm³/mol. The third-order valence-corrected chi connectivity index (χ3v) is 6.39. The summed E-state index contributed by atoms with van der Waals surface area (Å²) in [5.74, 6) is 1.16. The van der Waals surface area contributed by atoms with Crippen LogP contribution in [0, 0.1) is 11.1 Å². The fourth-order valence-corrected chi connectivity index (χ4v) is 4.81. The molecule has 0 unspecified atom stereocenters. The molecule has 1 amide bonds. The quantitative estimate of drug-likeness (QED) is 0.539. The molecule has 3 fully saturated rings. The number of carbonyl (C=O) groups excluding carboxylic acids is 1. The molecular formula is C23H24N2O4. The number of quaternary nitrogens is 1. The van der Waals surface area contributed by atoms with Gasteiger partial charge in [-0.25, -0.2) is 0 Å². The third kappa shape index (κ3) is 3.18. The number of rotatable bonds is 4. The lowest BCUT2D eigenvalue weighted by Crippen LogP contribution is -2.64. The zero-order valence-corrected chi connectivity index (χ0v) is 16.4. The molecule has 3 aliphatic heterocycles. The SMILES string of the molecule is COc1ccccc1-c1cccc2cc(C(=O)N[C@H]3C[N+]4([O-])CCC3CC4)oc12. The van der Waals surface area contributed by atoms with Crippen LogP contribution < -0.4 is 10.1 Å². The standard InChI is InChI=1S/C23H24N2O4/c1-28-20-8-3-2-6-17(20)18-7-4-5-16-13-21(29-22(16)18)23(26)24-19-14-25(27)11-9-15(19)10-12-25/h2-8,13,15,19H,9-12,14H2,1H3,(H,24,26)/t15?,19-,25?/m0/s1. The van der Waals surface area contributed by atoms with Gasteiger partial charge in [0, 0.05) is 29.4 Å². The summed E-state index contributed by atoms with van der Waals surface area (Å²) in [6.45, 7) is 1.80. The minimum absolute atomic E-state index is 0.0793. The molecule has 4 heterocycles. The molecule has 1 N–H and O–H groups in total. The first-order chi connectivity index (χ1) is 14.1. The summed E-state index contributed by atoms with van der Waals surface area (Å²) in [7, 11) is 1.64. The van der Waals surface area contributed by atoms with Crippen LogP contribution in [0.2, 0.25) is 0 Å². The van der Waals surface area contributed by atoms with Crippen molar-refractivity contribution in [3.8, 4) is 16.9 Å². The molecule has 1 atom stereocenters. The Morgan fingerprint density at radius 1 is 1.14 bits per heavy atom. The summed E-state index contributed by atoms with van der Waals surface area (Å²) in [5, 5.41) is 16.5. The Morgan fingerprint density at radius 3 is 2.66 bits per heavy atom. The van der Waals surface area contributed by atoms with Crippen LogP contribution in [0.4, 0.5) is 0 Å². The van der Waals surface area contributed by atoms with Crippen LogP contribution in [0.15, 0.2) is 52.9 Å². The molecule has 150 valence electrons. The number of hydrogen-bond acceptors (Lipinski definition) is 4. The lowest BCUT2D eigenvalue weighted by molar-refractivity contribution is -0.898. The number of piperidine rings is 3. The summed E-state index contributed by atoms with van der Waals surface area (Å²) in [6, 6.07) is 15.3. The third-order valence-electron chi connectivity index (χ3n) is 6.39. The number of furan rings is 1. The van der Waals surface area contributed by atoms with Gasteiger partial charge in [0.05, 0.1) is 32.8 Å². The molecule has 6 rings (SSSR count). The van der Waals surface area contributed by atoms with E-state index in [9.17, 15) is 10.0 Å². The van der Waals surface area contributed by atoms with Gasteiger partial charge in [-0.2, -0.15) is 0 Å².